The fourth-order valence-corrected chi connectivity index (χ4v) is 3.16. The van der Waals surface area contributed by atoms with Gasteiger partial charge >= 0.3 is 0 Å². The standard InChI is InChI=1S/C18H28O2/c1-3-18(16-10-12-17(19-2)13-11-16)14-8-6-4-5-7-9-15-20-18/h10-13H,3-9,14-15H2,1-2H3. The molecule has 2 nitrogen and oxygen atoms in total. The molecule has 0 spiro atoms. The van der Waals surface area contributed by atoms with Crippen molar-refractivity contribution in [1.82, 2.24) is 0 Å². The van der Waals surface area contributed by atoms with Gasteiger partial charge in [-0.3, -0.25) is 0 Å². The molecule has 112 valence electrons. The van der Waals surface area contributed by atoms with Gasteiger partial charge < -0.3 is 9.47 Å². The molecule has 1 atom stereocenters. The second-order valence-electron chi connectivity index (χ2n) is 5.80. The number of ether oxygens (including phenoxy) is 2. The van der Waals surface area contributed by atoms with Crippen LogP contribution in [0.15, 0.2) is 24.3 Å². The van der Waals surface area contributed by atoms with Gasteiger partial charge in [-0.2, -0.15) is 0 Å². The van der Waals surface area contributed by atoms with Crippen LogP contribution in [0.5, 0.6) is 5.75 Å². The molecule has 0 N–H and O–H groups in total. The van der Waals surface area contributed by atoms with Gasteiger partial charge in [0, 0.05) is 6.61 Å². The van der Waals surface area contributed by atoms with E-state index in [1.807, 2.05) is 0 Å². The fourth-order valence-electron chi connectivity index (χ4n) is 3.16. The fraction of sp³-hybridized carbons (Fsp3) is 0.667. The second kappa shape index (κ2) is 7.68. The van der Waals surface area contributed by atoms with Crippen molar-refractivity contribution in [3.05, 3.63) is 29.8 Å². The lowest BCUT2D eigenvalue weighted by Crippen LogP contribution is -2.30. The highest BCUT2D eigenvalue weighted by Gasteiger charge is 2.31. The average molecular weight is 276 g/mol. The zero-order valence-corrected chi connectivity index (χ0v) is 13.0. The average Bonchev–Trinajstić information content (AvgIpc) is 2.52. The summed E-state index contributed by atoms with van der Waals surface area (Å²) in [5.74, 6) is 0.917. The summed E-state index contributed by atoms with van der Waals surface area (Å²) in [4.78, 5) is 0. The van der Waals surface area contributed by atoms with Crippen molar-refractivity contribution in [2.45, 2.75) is 63.9 Å². The highest BCUT2D eigenvalue weighted by atomic mass is 16.5. The Balaban J connectivity index is 2.17. The van der Waals surface area contributed by atoms with Crippen LogP contribution >= 0.6 is 0 Å². The molecule has 2 heteroatoms. The lowest BCUT2D eigenvalue weighted by atomic mass is 9.85. The van der Waals surface area contributed by atoms with Gasteiger partial charge in [0.1, 0.15) is 5.75 Å². The molecule has 1 aromatic carbocycles. The normalized spacial score (nSPS) is 25.1. The van der Waals surface area contributed by atoms with Gasteiger partial charge in [0.2, 0.25) is 0 Å². The summed E-state index contributed by atoms with van der Waals surface area (Å²) >= 11 is 0. The Kier molecular flexibility index (Phi) is 5.90. The molecule has 20 heavy (non-hydrogen) atoms. The maximum Gasteiger partial charge on any atom is 0.118 e. The molecular weight excluding hydrogens is 248 g/mol. The predicted octanol–water partition coefficient (Wildman–Crippen LogP) is 5.06. The Labute approximate surface area is 123 Å². The summed E-state index contributed by atoms with van der Waals surface area (Å²) in [6.07, 6.45) is 10.0. The van der Waals surface area contributed by atoms with E-state index in [9.17, 15) is 0 Å². The first-order chi connectivity index (χ1) is 9.80. The first-order valence-electron chi connectivity index (χ1n) is 8.09. The molecule has 0 aromatic heterocycles. The van der Waals surface area contributed by atoms with E-state index < -0.39 is 0 Å². The summed E-state index contributed by atoms with van der Waals surface area (Å²) < 4.78 is 11.6. The zero-order valence-electron chi connectivity index (χ0n) is 13.0. The number of hydrogen-bond donors (Lipinski definition) is 0. The highest BCUT2D eigenvalue weighted by molar-refractivity contribution is 5.31. The summed E-state index contributed by atoms with van der Waals surface area (Å²) in [7, 11) is 1.71. The van der Waals surface area contributed by atoms with Crippen molar-refractivity contribution in [2.75, 3.05) is 13.7 Å². The van der Waals surface area contributed by atoms with E-state index in [1.165, 1.54) is 44.1 Å². The Morgan fingerprint density at radius 3 is 2.30 bits per heavy atom. The van der Waals surface area contributed by atoms with Gasteiger partial charge in [-0.15, -0.1) is 0 Å². The van der Waals surface area contributed by atoms with Gasteiger partial charge in [0.05, 0.1) is 12.7 Å². The zero-order chi connectivity index (χ0) is 14.3. The molecule has 1 saturated heterocycles. The van der Waals surface area contributed by atoms with Crippen LogP contribution in [0.25, 0.3) is 0 Å². The number of hydrogen-bond acceptors (Lipinski definition) is 2. The molecule has 1 heterocycles. The van der Waals surface area contributed by atoms with E-state index in [0.29, 0.717) is 0 Å². The minimum absolute atomic E-state index is 0.0936. The summed E-state index contributed by atoms with van der Waals surface area (Å²) in [6.45, 7) is 3.13. The SMILES string of the molecule is CCC1(c2ccc(OC)cc2)CCCCCCCCO1. The van der Waals surface area contributed by atoms with Crippen molar-refractivity contribution < 1.29 is 9.47 Å². The van der Waals surface area contributed by atoms with Crippen LogP contribution in [-0.4, -0.2) is 13.7 Å². The number of rotatable bonds is 3. The van der Waals surface area contributed by atoms with Crippen molar-refractivity contribution in [1.29, 1.82) is 0 Å². The molecule has 1 aromatic rings. The molecule has 0 bridgehead atoms. The van der Waals surface area contributed by atoms with E-state index in [2.05, 4.69) is 31.2 Å². The molecule has 0 amide bonds. The minimum Gasteiger partial charge on any atom is -0.497 e. The highest BCUT2D eigenvalue weighted by Crippen LogP contribution is 2.36. The largest absolute Gasteiger partial charge is 0.497 e. The van der Waals surface area contributed by atoms with Gasteiger partial charge in [0.25, 0.3) is 0 Å². The Morgan fingerprint density at radius 2 is 1.65 bits per heavy atom. The third-order valence-electron chi connectivity index (χ3n) is 4.54. The van der Waals surface area contributed by atoms with Crippen LogP contribution in [-0.2, 0) is 10.3 Å². The Bertz CT molecular complexity index is 373. The molecule has 0 aliphatic carbocycles. The van der Waals surface area contributed by atoms with Gasteiger partial charge in [0.15, 0.2) is 0 Å². The smallest absolute Gasteiger partial charge is 0.118 e. The lowest BCUT2D eigenvalue weighted by Gasteiger charge is -2.34. The third kappa shape index (κ3) is 3.76. The second-order valence-corrected chi connectivity index (χ2v) is 5.80. The number of benzene rings is 1. The van der Waals surface area contributed by atoms with Crippen molar-refractivity contribution in [3.8, 4) is 5.75 Å². The molecule has 1 aliphatic heterocycles. The van der Waals surface area contributed by atoms with Gasteiger partial charge in [-0.05, 0) is 37.0 Å². The maximum absolute atomic E-state index is 6.37. The summed E-state index contributed by atoms with van der Waals surface area (Å²) in [6, 6.07) is 8.45. The van der Waals surface area contributed by atoms with Crippen LogP contribution in [0.4, 0.5) is 0 Å². The molecule has 1 fully saturated rings. The van der Waals surface area contributed by atoms with Crippen LogP contribution in [0.3, 0.4) is 0 Å². The van der Waals surface area contributed by atoms with Gasteiger partial charge in [-0.25, -0.2) is 0 Å². The van der Waals surface area contributed by atoms with E-state index in [1.54, 1.807) is 7.11 Å². The first-order valence-corrected chi connectivity index (χ1v) is 8.09. The van der Waals surface area contributed by atoms with E-state index in [-0.39, 0.29) is 5.60 Å². The molecule has 1 aliphatic rings. The topological polar surface area (TPSA) is 18.5 Å². The van der Waals surface area contributed by atoms with Crippen molar-refractivity contribution in [3.63, 3.8) is 0 Å². The Hall–Kier alpha value is -1.02. The third-order valence-corrected chi connectivity index (χ3v) is 4.54. The minimum atomic E-state index is -0.0936. The lowest BCUT2D eigenvalue weighted by molar-refractivity contribution is -0.0646. The van der Waals surface area contributed by atoms with E-state index in [0.717, 1.165) is 25.2 Å². The summed E-state index contributed by atoms with van der Waals surface area (Å²) in [5.41, 5.74) is 1.21. The van der Waals surface area contributed by atoms with Crippen molar-refractivity contribution in [2.24, 2.45) is 0 Å². The number of methoxy groups -OCH3 is 1. The van der Waals surface area contributed by atoms with E-state index in [4.69, 9.17) is 9.47 Å². The molecule has 2 rings (SSSR count). The first kappa shape index (κ1) is 15.4. The molecule has 1 unspecified atom stereocenters. The van der Waals surface area contributed by atoms with Gasteiger partial charge in [-0.1, -0.05) is 51.2 Å². The molecule has 0 saturated carbocycles. The van der Waals surface area contributed by atoms with E-state index >= 15 is 0 Å². The molecule has 0 radical (unpaired) electrons. The van der Waals surface area contributed by atoms with Crippen LogP contribution < -0.4 is 4.74 Å². The maximum atomic E-state index is 6.37. The summed E-state index contributed by atoms with van der Waals surface area (Å²) in [5, 5.41) is 0. The molecular formula is C18H28O2. The Morgan fingerprint density at radius 1 is 1.00 bits per heavy atom. The van der Waals surface area contributed by atoms with Crippen molar-refractivity contribution >= 4 is 0 Å². The van der Waals surface area contributed by atoms with Crippen LogP contribution in [0.2, 0.25) is 0 Å². The monoisotopic (exact) mass is 276 g/mol. The van der Waals surface area contributed by atoms with Crippen LogP contribution in [0, 0.1) is 0 Å². The predicted molar refractivity (Wildman–Crippen MR) is 83.2 cm³/mol. The van der Waals surface area contributed by atoms with Crippen LogP contribution in [0.1, 0.15) is 63.9 Å². The quantitative estimate of drug-likeness (QED) is 0.768.